The second kappa shape index (κ2) is 5.07. The summed E-state index contributed by atoms with van der Waals surface area (Å²) in [4.78, 5) is 9.75. The number of hydrogen-bond donors (Lipinski definition) is 1. The van der Waals surface area contributed by atoms with Gasteiger partial charge in [0.15, 0.2) is 0 Å². The lowest BCUT2D eigenvalue weighted by Crippen LogP contribution is -2.05. The molecule has 1 unspecified atom stereocenters. The maximum Gasteiger partial charge on any atom is 0.115 e. The number of aromatic nitrogens is 2. The lowest BCUT2D eigenvalue weighted by molar-refractivity contribution is 0.869. The van der Waals surface area contributed by atoms with E-state index in [2.05, 4.69) is 29.1 Å². The van der Waals surface area contributed by atoms with Crippen molar-refractivity contribution in [2.45, 2.75) is 26.3 Å². The van der Waals surface area contributed by atoms with E-state index in [1.54, 1.807) is 23.7 Å². The summed E-state index contributed by atoms with van der Waals surface area (Å²) in [6, 6.07) is 4.17. The standard InChI is InChI=1S/C12H15N3S/c1-3-11-8-14-12(16-11)9(2)15-10-4-6-13-7-5-10/h4-9H,3H2,1-2H3,(H,13,15). The maximum atomic E-state index is 4.42. The van der Waals surface area contributed by atoms with Gasteiger partial charge in [0.1, 0.15) is 5.01 Å². The third-order valence-electron chi connectivity index (χ3n) is 2.35. The van der Waals surface area contributed by atoms with Crippen LogP contribution >= 0.6 is 11.3 Å². The minimum absolute atomic E-state index is 0.243. The summed E-state index contributed by atoms with van der Waals surface area (Å²) >= 11 is 1.77. The first-order valence-electron chi connectivity index (χ1n) is 5.40. The SMILES string of the molecule is CCc1cnc(C(C)Nc2ccncc2)s1. The van der Waals surface area contributed by atoms with Crippen LogP contribution in [0.5, 0.6) is 0 Å². The fourth-order valence-electron chi connectivity index (χ4n) is 1.45. The molecular weight excluding hydrogens is 218 g/mol. The number of nitrogens with one attached hydrogen (secondary N) is 1. The zero-order valence-electron chi connectivity index (χ0n) is 9.47. The number of aryl methyl sites for hydroxylation is 1. The van der Waals surface area contributed by atoms with Gasteiger partial charge in [-0.25, -0.2) is 4.98 Å². The Balaban J connectivity index is 2.05. The molecule has 0 aliphatic carbocycles. The van der Waals surface area contributed by atoms with Gasteiger partial charge >= 0.3 is 0 Å². The lowest BCUT2D eigenvalue weighted by Gasteiger charge is -2.11. The molecule has 0 spiro atoms. The molecule has 0 saturated heterocycles. The minimum Gasteiger partial charge on any atom is -0.376 e. The van der Waals surface area contributed by atoms with E-state index in [-0.39, 0.29) is 6.04 Å². The third kappa shape index (κ3) is 2.58. The Morgan fingerprint density at radius 2 is 2.12 bits per heavy atom. The second-order valence-electron chi connectivity index (χ2n) is 3.62. The smallest absolute Gasteiger partial charge is 0.115 e. The summed E-state index contributed by atoms with van der Waals surface area (Å²) in [7, 11) is 0. The summed E-state index contributed by atoms with van der Waals surface area (Å²) in [6.07, 6.45) is 6.59. The van der Waals surface area contributed by atoms with Gasteiger partial charge in [-0.05, 0) is 25.5 Å². The van der Waals surface area contributed by atoms with E-state index in [9.17, 15) is 0 Å². The summed E-state index contributed by atoms with van der Waals surface area (Å²) in [6.45, 7) is 4.27. The van der Waals surface area contributed by atoms with E-state index in [0.29, 0.717) is 0 Å². The zero-order valence-corrected chi connectivity index (χ0v) is 10.3. The van der Waals surface area contributed by atoms with E-state index in [1.807, 2.05) is 18.3 Å². The fraction of sp³-hybridized carbons (Fsp3) is 0.333. The normalized spacial score (nSPS) is 12.4. The Morgan fingerprint density at radius 3 is 2.75 bits per heavy atom. The molecule has 0 aliphatic rings. The van der Waals surface area contributed by atoms with Gasteiger partial charge in [0.25, 0.3) is 0 Å². The first-order chi connectivity index (χ1) is 7.79. The highest BCUT2D eigenvalue weighted by Crippen LogP contribution is 2.23. The van der Waals surface area contributed by atoms with Gasteiger partial charge in [0.2, 0.25) is 0 Å². The lowest BCUT2D eigenvalue weighted by atomic mass is 10.3. The molecule has 84 valence electrons. The largest absolute Gasteiger partial charge is 0.376 e. The van der Waals surface area contributed by atoms with Crippen molar-refractivity contribution < 1.29 is 0 Å². The molecule has 0 fully saturated rings. The van der Waals surface area contributed by atoms with Crippen molar-refractivity contribution in [1.82, 2.24) is 9.97 Å². The average molecular weight is 233 g/mol. The molecule has 0 aliphatic heterocycles. The molecule has 0 amide bonds. The van der Waals surface area contributed by atoms with Crippen LogP contribution in [0.4, 0.5) is 5.69 Å². The molecule has 2 aromatic heterocycles. The van der Waals surface area contributed by atoms with E-state index < -0.39 is 0 Å². The van der Waals surface area contributed by atoms with Crippen molar-refractivity contribution in [3.8, 4) is 0 Å². The highest BCUT2D eigenvalue weighted by atomic mass is 32.1. The zero-order chi connectivity index (χ0) is 11.4. The number of anilines is 1. The second-order valence-corrected chi connectivity index (χ2v) is 4.77. The van der Waals surface area contributed by atoms with Crippen LogP contribution in [0.2, 0.25) is 0 Å². The molecule has 3 nitrogen and oxygen atoms in total. The van der Waals surface area contributed by atoms with Crippen molar-refractivity contribution in [2.75, 3.05) is 5.32 Å². The van der Waals surface area contributed by atoms with Crippen molar-refractivity contribution in [3.05, 3.63) is 40.6 Å². The molecular formula is C12H15N3S. The molecule has 1 N–H and O–H groups in total. The average Bonchev–Trinajstić information content (AvgIpc) is 2.79. The number of pyridine rings is 1. The maximum absolute atomic E-state index is 4.42. The van der Waals surface area contributed by atoms with Gasteiger partial charge in [0.05, 0.1) is 6.04 Å². The molecule has 2 heterocycles. The van der Waals surface area contributed by atoms with Crippen LogP contribution in [0.3, 0.4) is 0 Å². The van der Waals surface area contributed by atoms with Crippen LogP contribution in [0, 0.1) is 0 Å². The van der Waals surface area contributed by atoms with Crippen molar-refractivity contribution in [1.29, 1.82) is 0 Å². The first-order valence-corrected chi connectivity index (χ1v) is 6.22. The predicted octanol–water partition coefficient (Wildman–Crippen LogP) is 3.27. The molecule has 0 aromatic carbocycles. The number of thiazole rings is 1. The van der Waals surface area contributed by atoms with E-state index >= 15 is 0 Å². The highest BCUT2D eigenvalue weighted by Gasteiger charge is 2.09. The Hall–Kier alpha value is -1.42. The van der Waals surface area contributed by atoms with E-state index in [4.69, 9.17) is 0 Å². The monoisotopic (exact) mass is 233 g/mol. The predicted molar refractivity (Wildman–Crippen MR) is 67.8 cm³/mol. The summed E-state index contributed by atoms with van der Waals surface area (Å²) < 4.78 is 0. The van der Waals surface area contributed by atoms with Crippen molar-refractivity contribution >= 4 is 17.0 Å². The molecule has 16 heavy (non-hydrogen) atoms. The van der Waals surface area contributed by atoms with Crippen LogP contribution < -0.4 is 5.32 Å². The third-order valence-corrected chi connectivity index (χ3v) is 3.68. The van der Waals surface area contributed by atoms with Crippen LogP contribution in [0.15, 0.2) is 30.7 Å². The van der Waals surface area contributed by atoms with Crippen LogP contribution in [0.25, 0.3) is 0 Å². The van der Waals surface area contributed by atoms with Crippen LogP contribution in [-0.4, -0.2) is 9.97 Å². The molecule has 4 heteroatoms. The fourth-order valence-corrected chi connectivity index (χ4v) is 2.31. The Bertz CT molecular complexity index is 439. The van der Waals surface area contributed by atoms with Gasteiger partial charge in [-0.1, -0.05) is 6.92 Å². The van der Waals surface area contributed by atoms with Crippen molar-refractivity contribution in [2.24, 2.45) is 0 Å². The number of rotatable bonds is 4. The first kappa shape index (κ1) is 11.1. The molecule has 0 radical (unpaired) electrons. The highest BCUT2D eigenvalue weighted by molar-refractivity contribution is 7.11. The summed E-state index contributed by atoms with van der Waals surface area (Å²) in [5.41, 5.74) is 1.08. The van der Waals surface area contributed by atoms with E-state index in [1.165, 1.54) is 4.88 Å². The Morgan fingerprint density at radius 1 is 1.38 bits per heavy atom. The number of hydrogen-bond acceptors (Lipinski definition) is 4. The van der Waals surface area contributed by atoms with Gasteiger partial charge in [-0.15, -0.1) is 11.3 Å². The quantitative estimate of drug-likeness (QED) is 0.880. The summed E-state index contributed by atoms with van der Waals surface area (Å²) in [5.74, 6) is 0. The van der Waals surface area contributed by atoms with Crippen LogP contribution in [-0.2, 0) is 6.42 Å². The molecule has 2 rings (SSSR count). The van der Waals surface area contributed by atoms with Gasteiger partial charge in [0, 0.05) is 29.2 Å². The summed E-state index contributed by atoms with van der Waals surface area (Å²) in [5, 5.41) is 4.54. The molecule has 0 bridgehead atoms. The van der Waals surface area contributed by atoms with Gasteiger partial charge in [-0.2, -0.15) is 0 Å². The van der Waals surface area contributed by atoms with Gasteiger partial charge < -0.3 is 5.32 Å². The van der Waals surface area contributed by atoms with Crippen molar-refractivity contribution in [3.63, 3.8) is 0 Å². The van der Waals surface area contributed by atoms with Crippen LogP contribution in [0.1, 0.15) is 29.8 Å². The Kier molecular flexibility index (Phi) is 3.51. The molecule has 1 atom stereocenters. The Labute approximate surface area is 99.6 Å². The molecule has 2 aromatic rings. The topological polar surface area (TPSA) is 37.8 Å². The van der Waals surface area contributed by atoms with Gasteiger partial charge in [-0.3, -0.25) is 4.98 Å². The minimum atomic E-state index is 0.243. The molecule has 0 saturated carbocycles. The van der Waals surface area contributed by atoms with E-state index in [0.717, 1.165) is 17.1 Å². The number of nitrogens with zero attached hydrogens (tertiary/aromatic N) is 2.